The van der Waals surface area contributed by atoms with E-state index in [0.29, 0.717) is 19.4 Å². The first-order valence-electron chi connectivity index (χ1n) is 6.80. The molecule has 2 rings (SSSR count). The van der Waals surface area contributed by atoms with E-state index in [1.807, 2.05) is 0 Å². The van der Waals surface area contributed by atoms with Gasteiger partial charge in [-0.15, -0.1) is 0 Å². The molecule has 0 aromatic heterocycles. The normalized spacial score (nSPS) is 25.2. The Hall–Kier alpha value is -2.32. The van der Waals surface area contributed by atoms with Crippen LogP contribution in [0.1, 0.15) is 19.3 Å². The van der Waals surface area contributed by atoms with Gasteiger partial charge in [-0.1, -0.05) is 0 Å². The number of amides is 4. The quantitative estimate of drug-likeness (QED) is 0.489. The van der Waals surface area contributed by atoms with Gasteiger partial charge in [-0.05, 0) is 6.42 Å². The molecule has 0 radical (unpaired) electrons. The number of nitrogens with one attached hydrogen (secondary N) is 3. The molecule has 0 spiro atoms. The molecule has 0 aromatic rings. The third-order valence-electron chi connectivity index (χ3n) is 3.54. The third kappa shape index (κ3) is 3.83. The Labute approximate surface area is 121 Å². The zero-order valence-electron chi connectivity index (χ0n) is 11.4. The van der Waals surface area contributed by atoms with Gasteiger partial charge in [-0.3, -0.25) is 14.4 Å². The zero-order chi connectivity index (χ0) is 15.4. The molecule has 4 N–H and O–H groups in total. The topological polar surface area (TPSA) is 128 Å². The first-order valence-corrected chi connectivity index (χ1v) is 6.80. The Morgan fingerprint density at radius 1 is 1.38 bits per heavy atom. The summed E-state index contributed by atoms with van der Waals surface area (Å²) in [5, 5.41) is 16.7. The van der Waals surface area contributed by atoms with Crippen molar-refractivity contribution in [2.24, 2.45) is 0 Å². The molecule has 9 heteroatoms. The van der Waals surface area contributed by atoms with Crippen molar-refractivity contribution in [2.75, 3.05) is 19.6 Å². The van der Waals surface area contributed by atoms with E-state index in [2.05, 4.69) is 16.0 Å². The van der Waals surface area contributed by atoms with Crippen LogP contribution in [0.2, 0.25) is 0 Å². The molecule has 9 nitrogen and oxygen atoms in total. The lowest BCUT2D eigenvalue weighted by Crippen LogP contribution is -2.60. The predicted octanol–water partition coefficient (Wildman–Crippen LogP) is -1.75. The second kappa shape index (κ2) is 6.42. The van der Waals surface area contributed by atoms with Crippen molar-refractivity contribution in [3.8, 4) is 0 Å². The maximum atomic E-state index is 12.1. The van der Waals surface area contributed by atoms with Crippen molar-refractivity contribution < 1.29 is 24.3 Å². The highest BCUT2D eigenvalue weighted by atomic mass is 16.4. The molecule has 0 aliphatic carbocycles. The van der Waals surface area contributed by atoms with Crippen LogP contribution in [0.25, 0.3) is 0 Å². The van der Waals surface area contributed by atoms with E-state index in [1.54, 1.807) is 0 Å². The van der Waals surface area contributed by atoms with Gasteiger partial charge in [0.05, 0.1) is 6.42 Å². The van der Waals surface area contributed by atoms with E-state index < -0.39 is 30.4 Å². The summed E-state index contributed by atoms with van der Waals surface area (Å²) < 4.78 is 0. The molecule has 21 heavy (non-hydrogen) atoms. The molecule has 0 saturated carbocycles. The van der Waals surface area contributed by atoms with E-state index in [0.717, 1.165) is 0 Å². The summed E-state index contributed by atoms with van der Waals surface area (Å²) in [6, 6.07) is -1.61. The number of carboxylic acids is 1. The summed E-state index contributed by atoms with van der Waals surface area (Å²) in [7, 11) is 0. The monoisotopic (exact) mass is 298 g/mol. The average Bonchev–Trinajstić information content (AvgIpc) is 2.84. The van der Waals surface area contributed by atoms with Gasteiger partial charge < -0.3 is 26.0 Å². The number of nitrogens with zero attached hydrogens (tertiary/aromatic N) is 1. The Morgan fingerprint density at radius 3 is 2.76 bits per heavy atom. The molecule has 0 bridgehead atoms. The number of carbonyl (C=O) groups is 4. The van der Waals surface area contributed by atoms with Gasteiger partial charge in [0.1, 0.15) is 6.04 Å². The van der Waals surface area contributed by atoms with Crippen molar-refractivity contribution in [3.05, 3.63) is 0 Å². The van der Waals surface area contributed by atoms with Gasteiger partial charge in [-0.25, -0.2) is 4.79 Å². The van der Waals surface area contributed by atoms with Crippen molar-refractivity contribution >= 4 is 23.8 Å². The summed E-state index contributed by atoms with van der Waals surface area (Å²) in [5.41, 5.74) is 0. The van der Waals surface area contributed by atoms with Gasteiger partial charge in [0, 0.05) is 32.1 Å². The Bertz CT molecular complexity index is 467. The van der Waals surface area contributed by atoms with Gasteiger partial charge in [0.25, 0.3) is 0 Å². The highest BCUT2D eigenvalue weighted by Gasteiger charge is 2.35. The molecule has 2 fully saturated rings. The number of hydrogen-bond acceptors (Lipinski definition) is 4. The Balaban J connectivity index is 1.90. The number of hydrogen-bond donors (Lipinski definition) is 4. The molecular weight excluding hydrogens is 280 g/mol. The van der Waals surface area contributed by atoms with E-state index in [-0.39, 0.29) is 25.0 Å². The van der Waals surface area contributed by atoms with Crippen LogP contribution < -0.4 is 16.0 Å². The van der Waals surface area contributed by atoms with E-state index in [4.69, 9.17) is 5.11 Å². The lowest BCUT2D eigenvalue weighted by atomic mass is 10.1. The lowest BCUT2D eigenvalue weighted by molar-refractivity contribution is -0.142. The fourth-order valence-electron chi connectivity index (χ4n) is 2.47. The number of aliphatic carboxylic acids is 1. The van der Waals surface area contributed by atoms with Gasteiger partial charge in [0.2, 0.25) is 11.8 Å². The lowest BCUT2D eigenvalue weighted by Gasteiger charge is -2.34. The SMILES string of the molecule is O=C(O)CC1C(=O)NCCN1C(=O)NCC1CCC(=O)N1. The molecule has 2 saturated heterocycles. The average molecular weight is 298 g/mol. The molecule has 4 amide bonds. The smallest absolute Gasteiger partial charge is 0.318 e. The third-order valence-corrected chi connectivity index (χ3v) is 3.54. The van der Waals surface area contributed by atoms with E-state index in [9.17, 15) is 19.2 Å². The summed E-state index contributed by atoms with van der Waals surface area (Å²) in [6.45, 7) is 0.817. The summed E-state index contributed by atoms with van der Waals surface area (Å²) >= 11 is 0. The van der Waals surface area contributed by atoms with Crippen LogP contribution in [-0.2, 0) is 14.4 Å². The predicted molar refractivity (Wildman–Crippen MR) is 70.3 cm³/mol. The summed E-state index contributed by atoms with van der Waals surface area (Å²) in [6.07, 6.45) is 0.659. The minimum absolute atomic E-state index is 0.0460. The van der Waals surface area contributed by atoms with Crippen LogP contribution in [0, 0.1) is 0 Å². The number of rotatable bonds is 4. The van der Waals surface area contributed by atoms with Crippen LogP contribution in [0.3, 0.4) is 0 Å². The molecule has 2 aliphatic rings. The van der Waals surface area contributed by atoms with Crippen LogP contribution >= 0.6 is 0 Å². The highest BCUT2D eigenvalue weighted by molar-refractivity contribution is 5.91. The number of carbonyl (C=O) groups excluding carboxylic acids is 3. The molecule has 0 aromatic carbocycles. The number of piperazine rings is 1. The summed E-state index contributed by atoms with van der Waals surface area (Å²) in [4.78, 5) is 46.9. The molecule has 2 atom stereocenters. The van der Waals surface area contributed by atoms with Crippen LogP contribution in [0.4, 0.5) is 4.79 Å². The largest absolute Gasteiger partial charge is 0.481 e. The van der Waals surface area contributed by atoms with Gasteiger partial charge in [-0.2, -0.15) is 0 Å². The number of urea groups is 1. The second-order valence-corrected chi connectivity index (χ2v) is 5.09. The fourth-order valence-corrected chi connectivity index (χ4v) is 2.47. The van der Waals surface area contributed by atoms with Crippen molar-refractivity contribution in [3.63, 3.8) is 0 Å². The standard InChI is InChI=1S/C12H18N4O5/c17-9-2-1-7(15-9)6-14-12(21)16-4-3-13-11(20)8(16)5-10(18)19/h7-8H,1-6H2,(H,13,20)(H,14,21)(H,15,17)(H,18,19). The fraction of sp³-hybridized carbons (Fsp3) is 0.667. The maximum absolute atomic E-state index is 12.1. The number of carboxylic acid groups (broad SMARTS) is 1. The van der Waals surface area contributed by atoms with Crippen LogP contribution in [0.15, 0.2) is 0 Å². The highest BCUT2D eigenvalue weighted by Crippen LogP contribution is 2.10. The van der Waals surface area contributed by atoms with Crippen molar-refractivity contribution in [1.82, 2.24) is 20.9 Å². The van der Waals surface area contributed by atoms with Crippen LogP contribution in [-0.4, -0.2) is 65.5 Å². The molecule has 116 valence electrons. The van der Waals surface area contributed by atoms with E-state index in [1.165, 1.54) is 4.90 Å². The van der Waals surface area contributed by atoms with Gasteiger partial charge in [0.15, 0.2) is 0 Å². The van der Waals surface area contributed by atoms with Crippen molar-refractivity contribution in [1.29, 1.82) is 0 Å². The second-order valence-electron chi connectivity index (χ2n) is 5.09. The molecule has 2 aliphatic heterocycles. The summed E-state index contributed by atoms with van der Waals surface area (Å²) in [5.74, 6) is -1.65. The maximum Gasteiger partial charge on any atom is 0.318 e. The minimum Gasteiger partial charge on any atom is -0.481 e. The molecule has 2 unspecified atom stereocenters. The Kier molecular flexibility index (Phi) is 4.61. The minimum atomic E-state index is -1.14. The Morgan fingerprint density at radius 2 is 2.14 bits per heavy atom. The van der Waals surface area contributed by atoms with Crippen LogP contribution in [0.5, 0.6) is 0 Å². The van der Waals surface area contributed by atoms with Gasteiger partial charge >= 0.3 is 12.0 Å². The van der Waals surface area contributed by atoms with Crippen molar-refractivity contribution in [2.45, 2.75) is 31.3 Å². The first-order chi connectivity index (χ1) is 9.97. The molecular formula is C12H18N4O5. The first kappa shape index (κ1) is 15.1. The zero-order valence-corrected chi connectivity index (χ0v) is 11.4. The van der Waals surface area contributed by atoms with E-state index >= 15 is 0 Å². The molecule has 2 heterocycles.